The number of hydrogen-bond acceptors (Lipinski definition) is 7. The molecular weight excluding hydrogens is 288 g/mol. The van der Waals surface area contributed by atoms with Crippen LogP contribution in [0, 0.1) is 0 Å². The predicted octanol–water partition coefficient (Wildman–Crippen LogP) is -0.0917. The maximum absolute atomic E-state index is 11.6. The molecule has 0 bridgehead atoms. The standard InChI is InChI=1S/C8H16O8S2/c1-4-5-7(17(10,11)12)18(13,14)16-6(2)8(9)15-3/h6-7H,4-5H2,1-3H3,(H,10,11,12). The van der Waals surface area contributed by atoms with E-state index in [1.54, 1.807) is 0 Å². The molecule has 0 radical (unpaired) electrons. The quantitative estimate of drug-likeness (QED) is 0.393. The third-order valence-corrected chi connectivity index (χ3v) is 5.76. The number of rotatable bonds is 7. The van der Waals surface area contributed by atoms with Crippen molar-refractivity contribution in [1.29, 1.82) is 0 Å². The molecule has 0 aliphatic heterocycles. The van der Waals surface area contributed by atoms with Gasteiger partial charge in [0.05, 0.1) is 7.11 Å². The second-order valence-corrected chi connectivity index (χ2v) is 7.13. The highest BCUT2D eigenvalue weighted by molar-refractivity contribution is 8.04. The SMILES string of the molecule is CCCC(S(=O)(=O)O)S(=O)(=O)OC(C)C(=O)OC. The van der Waals surface area contributed by atoms with E-state index in [1.807, 2.05) is 0 Å². The summed E-state index contributed by atoms with van der Waals surface area (Å²) in [7, 11) is -8.43. The molecule has 0 heterocycles. The number of hydrogen-bond donors (Lipinski definition) is 1. The average molecular weight is 304 g/mol. The van der Waals surface area contributed by atoms with E-state index in [9.17, 15) is 21.6 Å². The topological polar surface area (TPSA) is 124 Å². The summed E-state index contributed by atoms with van der Waals surface area (Å²) in [6.07, 6.45) is -1.63. The van der Waals surface area contributed by atoms with Crippen molar-refractivity contribution >= 4 is 26.2 Å². The fourth-order valence-electron chi connectivity index (χ4n) is 1.15. The molecule has 0 aromatic heterocycles. The van der Waals surface area contributed by atoms with Crippen molar-refractivity contribution < 1.29 is 35.1 Å². The van der Waals surface area contributed by atoms with Crippen molar-refractivity contribution in [3.8, 4) is 0 Å². The van der Waals surface area contributed by atoms with Crippen LogP contribution < -0.4 is 0 Å². The van der Waals surface area contributed by atoms with Crippen molar-refractivity contribution in [3.63, 3.8) is 0 Å². The molecule has 2 unspecified atom stereocenters. The highest BCUT2D eigenvalue weighted by atomic mass is 32.3. The largest absolute Gasteiger partial charge is 0.467 e. The van der Waals surface area contributed by atoms with E-state index in [0.29, 0.717) is 0 Å². The number of ether oxygens (including phenoxy) is 1. The van der Waals surface area contributed by atoms with Crippen LogP contribution in [0.3, 0.4) is 0 Å². The molecule has 0 saturated carbocycles. The molecule has 10 heteroatoms. The molecule has 0 aliphatic carbocycles. The van der Waals surface area contributed by atoms with Crippen LogP contribution in [0.25, 0.3) is 0 Å². The molecule has 1 N–H and O–H groups in total. The van der Waals surface area contributed by atoms with Gasteiger partial charge in [0.1, 0.15) is 0 Å². The first-order chi connectivity index (χ1) is 8.06. The van der Waals surface area contributed by atoms with Crippen LogP contribution in [0.4, 0.5) is 0 Å². The van der Waals surface area contributed by atoms with Gasteiger partial charge in [-0.3, -0.25) is 8.74 Å². The number of carbonyl (C=O) groups is 1. The summed E-state index contributed by atoms with van der Waals surface area (Å²) in [5, 5.41) is 0. The Hall–Kier alpha value is -0.710. The van der Waals surface area contributed by atoms with E-state index >= 15 is 0 Å². The molecular formula is C8H16O8S2. The molecule has 2 atom stereocenters. The maximum atomic E-state index is 11.6. The summed E-state index contributed by atoms with van der Waals surface area (Å²) in [4.78, 5) is 11.0. The fraction of sp³-hybridized carbons (Fsp3) is 0.875. The highest BCUT2D eigenvalue weighted by Gasteiger charge is 2.39. The van der Waals surface area contributed by atoms with E-state index < -0.39 is 36.9 Å². The molecule has 0 amide bonds. The number of esters is 1. The Bertz CT molecular complexity index is 477. The lowest BCUT2D eigenvalue weighted by Crippen LogP contribution is -2.36. The molecule has 0 spiro atoms. The minimum atomic E-state index is -4.83. The van der Waals surface area contributed by atoms with E-state index in [0.717, 1.165) is 14.0 Å². The fourth-order valence-corrected chi connectivity index (χ4v) is 4.14. The van der Waals surface area contributed by atoms with Gasteiger partial charge in [0.15, 0.2) is 6.10 Å². The lowest BCUT2D eigenvalue weighted by atomic mass is 10.4. The molecule has 0 rings (SSSR count). The Kier molecular flexibility index (Phi) is 6.20. The zero-order valence-electron chi connectivity index (χ0n) is 10.2. The van der Waals surface area contributed by atoms with Gasteiger partial charge in [0.2, 0.25) is 4.58 Å². The first-order valence-corrected chi connectivity index (χ1v) is 8.00. The molecule has 108 valence electrons. The summed E-state index contributed by atoms with van der Waals surface area (Å²) >= 11 is 0. The summed E-state index contributed by atoms with van der Waals surface area (Å²) in [6, 6.07) is 0. The van der Waals surface area contributed by atoms with Crippen molar-refractivity contribution in [2.75, 3.05) is 7.11 Å². The van der Waals surface area contributed by atoms with Gasteiger partial charge < -0.3 is 4.74 Å². The van der Waals surface area contributed by atoms with E-state index in [1.165, 1.54) is 6.92 Å². The normalized spacial score (nSPS) is 16.0. The zero-order valence-corrected chi connectivity index (χ0v) is 11.8. The average Bonchev–Trinajstić information content (AvgIpc) is 2.22. The van der Waals surface area contributed by atoms with Crippen LogP contribution >= 0.6 is 0 Å². The number of carbonyl (C=O) groups excluding carboxylic acids is 1. The van der Waals surface area contributed by atoms with Crippen molar-refractivity contribution in [2.45, 2.75) is 37.4 Å². The van der Waals surface area contributed by atoms with E-state index in [2.05, 4.69) is 8.92 Å². The zero-order chi connectivity index (χ0) is 14.6. The Morgan fingerprint density at radius 1 is 1.28 bits per heavy atom. The van der Waals surface area contributed by atoms with Crippen LogP contribution in [0.15, 0.2) is 0 Å². The Balaban J connectivity index is 5.16. The van der Waals surface area contributed by atoms with Crippen molar-refractivity contribution in [3.05, 3.63) is 0 Å². The maximum Gasteiger partial charge on any atom is 0.336 e. The monoisotopic (exact) mass is 304 g/mol. The Labute approximate surface area is 106 Å². The summed E-state index contributed by atoms with van der Waals surface area (Å²) < 4.78 is 60.6. The van der Waals surface area contributed by atoms with E-state index in [-0.39, 0.29) is 12.8 Å². The summed E-state index contributed by atoms with van der Waals surface area (Å²) in [5.74, 6) is -0.968. The second kappa shape index (κ2) is 6.45. The van der Waals surface area contributed by atoms with E-state index in [4.69, 9.17) is 4.55 Å². The highest BCUT2D eigenvalue weighted by Crippen LogP contribution is 2.18. The predicted molar refractivity (Wildman–Crippen MR) is 61.7 cm³/mol. The molecule has 8 nitrogen and oxygen atoms in total. The van der Waals surface area contributed by atoms with Gasteiger partial charge in [0, 0.05) is 0 Å². The van der Waals surface area contributed by atoms with Gasteiger partial charge in [-0.2, -0.15) is 16.8 Å². The van der Waals surface area contributed by atoms with Crippen LogP contribution in [-0.2, 0) is 34.0 Å². The van der Waals surface area contributed by atoms with Gasteiger partial charge in [-0.15, -0.1) is 0 Å². The summed E-state index contributed by atoms with van der Waals surface area (Å²) in [5.41, 5.74) is 0. The van der Waals surface area contributed by atoms with Gasteiger partial charge >= 0.3 is 5.97 Å². The van der Waals surface area contributed by atoms with Gasteiger partial charge in [-0.05, 0) is 13.3 Å². The molecule has 0 aromatic carbocycles. The number of methoxy groups -OCH3 is 1. The van der Waals surface area contributed by atoms with Gasteiger partial charge in [-0.25, -0.2) is 4.79 Å². The second-order valence-electron chi connectivity index (χ2n) is 3.49. The Morgan fingerprint density at radius 2 is 1.78 bits per heavy atom. The van der Waals surface area contributed by atoms with Gasteiger partial charge in [-0.1, -0.05) is 13.3 Å². The summed E-state index contributed by atoms with van der Waals surface area (Å²) in [6.45, 7) is 2.63. The molecule has 18 heavy (non-hydrogen) atoms. The van der Waals surface area contributed by atoms with Gasteiger partial charge in [0.25, 0.3) is 20.2 Å². The Morgan fingerprint density at radius 3 is 2.11 bits per heavy atom. The van der Waals surface area contributed by atoms with Crippen LogP contribution in [0.5, 0.6) is 0 Å². The third kappa shape index (κ3) is 4.88. The first kappa shape index (κ1) is 17.3. The smallest absolute Gasteiger partial charge is 0.336 e. The van der Waals surface area contributed by atoms with Crippen LogP contribution in [0.1, 0.15) is 26.7 Å². The molecule has 0 aromatic rings. The molecule has 0 saturated heterocycles. The minimum Gasteiger partial charge on any atom is -0.467 e. The lowest BCUT2D eigenvalue weighted by Gasteiger charge is -2.16. The van der Waals surface area contributed by atoms with Crippen LogP contribution in [0.2, 0.25) is 0 Å². The first-order valence-electron chi connectivity index (χ1n) is 5.02. The minimum absolute atomic E-state index is 0.194. The third-order valence-electron chi connectivity index (χ3n) is 1.99. The van der Waals surface area contributed by atoms with Crippen molar-refractivity contribution in [2.24, 2.45) is 0 Å². The molecule has 0 aliphatic rings. The molecule has 0 fully saturated rings. The van der Waals surface area contributed by atoms with Crippen molar-refractivity contribution in [1.82, 2.24) is 0 Å². The van der Waals surface area contributed by atoms with Crippen LogP contribution in [-0.4, -0.2) is 45.2 Å². The lowest BCUT2D eigenvalue weighted by molar-refractivity contribution is -0.147.